The molecule has 7 heteroatoms. The number of oxime groups is 1. The number of halogens is 1. The summed E-state index contributed by atoms with van der Waals surface area (Å²) in [6.45, 7) is 0. The van der Waals surface area contributed by atoms with Crippen LogP contribution >= 0.6 is 11.6 Å². The van der Waals surface area contributed by atoms with Crippen LogP contribution in [0.15, 0.2) is 53.7 Å². The second kappa shape index (κ2) is 6.32. The first-order chi connectivity index (χ1) is 14.6. The number of hydrogen-bond acceptors (Lipinski definition) is 5. The molecule has 0 N–H and O–H groups in total. The zero-order valence-electron chi connectivity index (χ0n) is 16.2. The van der Waals surface area contributed by atoms with E-state index in [1.165, 1.54) is 4.90 Å². The molecular weight excluding hydrogens is 404 g/mol. The van der Waals surface area contributed by atoms with Gasteiger partial charge in [-0.3, -0.25) is 14.5 Å². The van der Waals surface area contributed by atoms with Gasteiger partial charge in [0.15, 0.2) is 0 Å². The standard InChI is InChI=1S/C23H19ClN2O4/c1-29-14-8-6-13(7-9-14)26-22(27)17-15-10-16(18(17)23(26)28)21-19(15)20(25-30-21)11-2-4-12(24)5-3-11/h2-9,15-19,21H,10H2,1H3/t15-,16+,17+,18+,19+,21-/m1/s1. The van der Waals surface area contributed by atoms with Crippen molar-refractivity contribution in [2.45, 2.75) is 12.5 Å². The zero-order chi connectivity index (χ0) is 20.6. The third kappa shape index (κ3) is 2.28. The van der Waals surface area contributed by atoms with Crippen LogP contribution in [0.1, 0.15) is 12.0 Å². The fourth-order valence-corrected chi connectivity index (χ4v) is 6.10. The first kappa shape index (κ1) is 18.0. The molecule has 2 amide bonds. The molecular formula is C23H19ClN2O4. The Morgan fingerprint density at radius 3 is 2.30 bits per heavy atom. The van der Waals surface area contributed by atoms with Crippen LogP contribution in [0, 0.1) is 29.6 Å². The minimum absolute atomic E-state index is 0.0123. The number of carbonyl (C=O) groups excluding carboxylic acids is 2. The van der Waals surface area contributed by atoms with Crippen LogP contribution in [-0.2, 0) is 14.4 Å². The molecule has 2 aliphatic heterocycles. The van der Waals surface area contributed by atoms with Crippen LogP contribution in [0.5, 0.6) is 5.75 Å². The molecule has 2 aromatic carbocycles. The molecule has 0 spiro atoms. The second-order valence-electron chi connectivity index (χ2n) is 8.40. The van der Waals surface area contributed by atoms with Gasteiger partial charge in [0.25, 0.3) is 0 Å². The van der Waals surface area contributed by atoms with Gasteiger partial charge < -0.3 is 9.57 Å². The Morgan fingerprint density at radius 2 is 1.63 bits per heavy atom. The van der Waals surface area contributed by atoms with Crippen molar-refractivity contribution in [2.24, 2.45) is 34.7 Å². The third-order valence-electron chi connectivity index (χ3n) is 7.16. The average molecular weight is 423 g/mol. The Balaban J connectivity index is 1.33. The highest BCUT2D eigenvalue weighted by atomic mass is 35.5. The molecule has 0 unspecified atom stereocenters. The number of hydrogen-bond donors (Lipinski definition) is 0. The molecule has 0 aromatic heterocycles. The van der Waals surface area contributed by atoms with Crippen molar-refractivity contribution >= 4 is 34.8 Å². The number of ether oxygens (including phenoxy) is 1. The smallest absolute Gasteiger partial charge is 0.238 e. The topological polar surface area (TPSA) is 68.2 Å². The molecule has 4 aliphatic rings. The van der Waals surface area contributed by atoms with E-state index in [-0.39, 0.29) is 47.5 Å². The van der Waals surface area contributed by atoms with Gasteiger partial charge in [0.05, 0.1) is 30.3 Å². The summed E-state index contributed by atoms with van der Waals surface area (Å²) in [5, 5.41) is 5.02. The number of carbonyl (C=O) groups is 2. The van der Waals surface area contributed by atoms with Gasteiger partial charge in [0.2, 0.25) is 11.8 Å². The number of benzene rings is 2. The molecule has 1 saturated heterocycles. The number of imide groups is 1. The third-order valence-corrected chi connectivity index (χ3v) is 7.41. The van der Waals surface area contributed by atoms with Crippen molar-refractivity contribution in [3.63, 3.8) is 0 Å². The van der Waals surface area contributed by atoms with Gasteiger partial charge in [0.1, 0.15) is 11.9 Å². The Hall–Kier alpha value is -2.86. The van der Waals surface area contributed by atoms with E-state index in [4.69, 9.17) is 21.2 Å². The van der Waals surface area contributed by atoms with E-state index < -0.39 is 0 Å². The molecule has 2 aliphatic carbocycles. The first-order valence-electron chi connectivity index (χ1n) is 10.1. The highest BCUT2D eigenvalue weighted by Gasteiger charge is 2.70. The van der Waals surface area contributed by atoms with Gasteiger partial charge in [-0.15, -0.1) is 0 Å². The van der Waals surface area contributed by atoms with Crippen molar-refractivity contribution in [1.29, 1.82) is 0 Å². The number of nitrogens with zero attached hydrogens (tertiary/aromatic N) is 2. The molecule has 2 saturated carbocycles. The molecule has 30 heavy (non-hydrogen) atoms. The summed E-state index contributed by atoms with van der Waals surface area (Å²) in [5.41, 5.74) is 2.42. The summed E-state index contributed by atoms with van der Waals surface area (Å²) >= 11 is 6.03. The molecule has 6 nitrogen and oxygen atoms in total. The van der Waals surface area contributed by atoms with Crippen molar-refractivity contribution in [3.05, 3.63) is 59.1 Å². The maximum absolute atomic E-state index is 13.4. The minimum atomic E-state index is -0.328. The second-order valence-corrected chi connectivity index (χ2v) is 8.84. The Morgan fingerprint density at radius 1 is 0.967 bits per heavy atom. The van der Waals surface area contributed by atoms with E-state index in [9.17, 15) is 9.59 Å². The van der Waals surface area contributed by atoms with Gasteiger partial charge in [-0.05, 0) is 54.3 Å². The normalized spacial score (nSPS) is 33.4. The van der Waals surface area contributed by atoms with Gasteiger partial charge in [-0.1, -0.05) is 28.9 Å². The van der Waals surface area contributed by atoms with E-state index in [1.54, 1.807) is 31.4 Å². The van der Waals surface area contributed by atoms with E-state index >= 15 is 0 Å². The molecule has 3 fully saturated rings. The largest absolute Gasteiger partial charge is 0.497 e. The number of fused-ring (bicyclic) bond motifs is 8. The summed E-state index contributed by atoms with van der Waals surface area (Å²) < 4.78 is 5.19. The van der Waals surface area contributed by atoms with Crippen LogP contribution in [0.3, 0.4) is 0 Å². The van der Waals surface area contributed by atoms with Crippen molar-refractivity contribution in [3.8, 4) is 5.75 Å². The lowest BCUT2D eigenvalue weighted by molar-refractivity contribution is -0.125. The first-order valence-corrected chi connectivity index (χ1v) is 10.5. The van der Waals surface area contributed by atoms with Gasteiger partial charge >= 0.3 is 0 Å². The van der Waals surface area contributed by atoms with E-state index in [1.807, 2.05) is 24.3 Å². The quantitative estimate of drug-likeness (QED) is 0.710. The van der Waals surface area contributed by atoms with Crippen LogP contribution in [-0.4, -0.2) is 30.7 Å². The molecule has 6 atom stereocenters. The molecule has 2 aromatic rings. The van der Waals surface area contributed by atoms with Crippen LogP contribution in [0.2, 0.25) is 5.02 Å². The predicted molar refractivity (Wildman–Crippen MR) is 110 cm³/mol. The van der Waals surface area contributed by atoms with Crippen molar-refractivity contribution in [2.75, 3.05) is 12.0 Å². The Labute approximate surface area is 178 Å². The fraction of sp³-hybridized carbons (Fsp3) is 0.348. The summed E-state index contributed by atoms with van der Waals surface area (Å²) in [6.07, 6.45) is 0.681. The van der Waals surface area contributed by atoms with Crippen molar-refractivity contribution < 1.29 is 19.2 Å². The molecule has 2 heterocycles. The summed E-state index contributed by atoms with van der Waals surface area (Å²) in [7, 11) is 1.59. The van der Waals surface area contributed by atoms with Gasteiger partial charge in [0, 0.05) is 16.9 Å². The SMILES string of the molecule is COc1ccc(N2C(=O)[C@H]3[C@@H]4C[C@@H]([C@H]5C(c6ccc(Cl)cc6)=NO[C@H]45)[C@@H]3C2=O)cc1. The van der Waals surface area contributed by atoms with E-state index in [0.29, 0.717) is 16.5 Å². The average Bonchev–Trinajstić information content (AvgIpc) is 3.49. The van der Waals surface area contributed by atoms with E-state index in [2.05, 4.69) is 5.16 Å². The van der Waals surface area contributed by atoms with Gasteiger partial charge in [-0.25, -0.2) is 0 Å². The van der Waals surface area contributed by atoms with Gasteiger partial charge in [-0.2, -0.15) is 0 Å². The van der Waals surface area contributed by atoms with Crippen LogP contribution < -0.4 is 9.64 Å². The van der Waals surface area contributed by atoms with Crippen LogP contribution in [0.25, 0.3) is 0 Å². The molecule has 2 bridgehead atoms. The Bertz CT molecular complexity index is 1080. The monoisotopic (exact) mass is 422 g/mol. The maximum atomic E-state index is 13.4. The zero-order valence-corrected chi connectivity index (χ0v) is 17.0. The minimum Gasteiger partial charge on any atom is -0.497 e. The molecule has 152 valence electrons. The van der Waals surface area contributed by atoms with Crippen molar-refractivity contribution in [1.82, 2.24) is 0 Å². The highest BCUT2D eigenvalue weighted by molar-refractivity contribution is 6.30. The number of methoxy groups -OCH3 is 1. The maximum Gasteiger partial charge on any atom is 0.238 e. The number of amides is 2. The lowest BCUT2D eigenvalue weighted by Gasteiger charge is -2.29. The summed E-state index contributed by atoms with van der Waals surface area (Å²) in [4.78, 5) is 33.9. The Kier molecular flexibility index (Phi) is 3.78. The predicted octanol–water partition coefficient (Wildman–Crippen LogP) is 3.52. The molecule has 6 rings (SSSR count). The number of anilines is 1. The summed E-state index contributed by atoms with van der Waals surface area (Å²) in [5.74, 6) is -0.0847. The van der Waals surface area contributed by atoms with E-state index in [0.717, 1.165) is 17.7 Å². The molecule has 0 radical (unpaired) electrons. The number of rotatable bonds is 3. The summed E-state index contributed by atoms with van der Waals surface area (Å²) in [6, 6.07) is 14.6. The lowest BCUT2D eigenvalue weighted by Crippen LogP contribution is -2.41. The highest BCUT2D eigenvalue weighted by Crippen LogP contribution is 2.62. The lowest BCUT2D eigenvalue weighted by atomic mass is 9.71. The van der Waals surface area contributed by atoms with Crippen LogP contribution in [0.4, 0.5) is 5.69 Å². The fourth-order valence-electron chi connectivity index (χ4n) is 5.97.